The number of carbonyl (C=O) groups is 1. The number of rotatable bonds is 8. The summed E-state index contributed by atoms with van der Waals surface area (Å²) in [7, 11) is -0.288. The summed E-state index contributed by atoms with van der Waals surface area (Å²) >= 11 is 3.55. The van der Waals surface area contributed by atoms with Crippen molar-refractivity contribution in [3.05, 3.63) is 60.2 Å². The molecule has 1 aromatic carbocycles. The van der Waals surface area contributed by atoms with Crippen molar-refractivity contribution in [1.82, 2.24) is 4.57 Å². The lowest BCUT2D eigenvalue weighted by Gasteiger charge is -2.20. The highest BCUT2D eigenvalue weighted by Gasteiger charge is 2.25. The molecule has 0 saturated carbocycles. The van der Waals surface area contributed by atoms with Crippen molar-refractivity contribution in [2.24, 2.45) is 0 Å². The van der Waals surface area contributed by atoms with E-state index < -0.39 is 0 Å². The Kier molecular flexibility index (Phi) is 9.62. The Labute approximate surface area is 190 Å². The maximum absolute atomic E-state index is 11.4. The molecule has 9 heteroatoms. The number of benzene rings is 1. The second-order valence-electron chi connectivity index (χ2n) is 6.88. The highest BCUT2D eigenvalue weighted by atomic mass is 79.9. The van der Waals surface area contributed by atoms with Crippen molar-refractivity contribution in [2.75, 3.05) is 19.8 Å². The van der Waals surface area contributed by atoms with Gasteiger partial charge in [-0.1, -0.05) is 40.7 Å². The van der Waals surface area contributed by atoms with Crippen LogP contribution in [0.3, 0.4) is 0 Å². The maximum Gasteiger partial charge on any atom is 0.493 e. The van der Waals surface area contributed by atoms with E-state index >= 15 is 0 Å². The molecule has 1 saturated heterocycles. The fraction of sp³-hybridized carbons (Fsp3) is 0.400. The number of ether oxygens (including phenoxy) is 1. The first-order valence-electron chi connectivity index (χ1n) is 9.34. The number of nitrogens with zero attached hydrogens (tertiary/aromatic N) is 2. The van der Waals surface area contributed by atoms with Crippen LogP contribution in [-0.2, 0) is 37.3 Å². The minimum Gasteiger partial charge on any atom is -0.458 e. The van der Waals surface area contributed by atoms with Crippen molar-refractivity contribution in [3.8, 4) is 0 Å². The van der Waals surface area contributed by atoms with Crippen LogP contribution in [-0.4, -0.2) is 37.5 Å². The van der Waals surface area contributed by atoms with Crippen molar-refractivity contribution < 1.29 is 23.4 Å². The summed E-state index contributed by atoms with van der Waals surface area (Å²) in [6, 6.07) is 6.45. The van der Waals surface area contributed by atoms with Crippen molar-refractivity contribution in [2.45, 2.75) is 31.8 Å². The van der Waals surface area contributed by atoms with Gasteiger partial charge in [0.05, 0.1) is 0 Å². The van der Waals surface area contributed by atoms with E-state index in [0.29, 0.717) is 18.7 Å². The number of imidazole rings is 1. The Hall–Kier alpha value is -1.42. The Bertz CT molecular complexity index is 838. The van der Waals surface area contributed by atoms with E-state index in [1.165, 1.54) is 11.1 Å². The molecule has 0 radical (unpaired) electrons. The van der Waals surface area contributed by atoms with Crippen LogP contribution in [0.25, 0.3) is 0 Å². The van der Waals surface area contributed by atoms with E-state index in [1.807, 2.05) is 23.3 Å². The molecule has 1 fully saturated rings. The zero-order valence-corrected chi connectivity index (χ0v) is 19.8. The molecule has 0 bridgehead atoms. The second kappa shape index (κ2) is 11.7. The molecule has 1 aliphatic heterocycles. The van der Waals surface area contributed by atoms with Gasteiger partial charge in [-0.05, 0) is 29.9 Å². The molecule has 2 aromatic rings. The van der Waals surface area contributed by atoms with E-state index in [-0.39, 0.29) is 30.1 Å². The smallest absolute Gasteiger partial charge is 0.458 e. The normalized spacial score (nSPS) is 13.7. The van der Waals surface area contributed by atoms with Gasteiger partial charge in [0, 0.05) is 24.1 Å². The lowest BCUT2D eigenvalue weighted by atomic mass is 9.76. The van der Waals surface area contributed by atoms with Gasteiger partial charge < -0.3 is 14.0 Å². The average molecular weight is 529 g/mol. The number of alkyl halides is 1. The van der Waals surface area contributed by atoms with Gasteiger partial charge in [0.25, 0.3) is 0 Å². The van der Waals surface area contributed by atoms with E-state index in [2.05, 4.69) is 45.3 Å². The minimum atomic E-state index is -0.355. The Balaban J connectivity index is 0.00000300. The largest absolute Gasteiger partial charge is 0.493 e. The molecule has 0 spiro atoms. The van der Waals surface area contributed by atoms with Crippen molar-refractivity contribution >= 4 is 51.5 Å². The predicted molar refractivity (Wildman–Crippen MR) is 121 cm³/mol. The molecule has 1 aliphatic rings. The minimum absolute atomic E-state index is 0. The second-order valence-corrected chi connectivity index (χ2v) is 7.44. The molecule has 0 unspecified atom stereocenters. The fourth-order valence-electron chi connectivity index (χ4n) is 3.02. The van der Waals surface area contributed by atoms with Crippen LogP contribution >= 0.6 is 32.9 Å². The molecule has 29 heavy (non-hydrogen) atoms. The number of carbonyl (C=O) groups excluding carboxylic acids is 1. The van der Waals surface area contributed by atoms with Gasteiger partial charge in [-0.25, -0.2) is 13.9 Å². The van der Waals surface area contributed by atoms with Gasteiger partial charge >= 0.3 is 13.1 Å². The standard InChI is InChI=1S/C20H25BBrN2O4.BrH/c1-16(2)20(25)26-9-6-23-4-5-24(15-23)14-18-10-17(13-22)11-19(12-18)21-27-7-3-8-28-21;/h4-5,10-12,15H,1,3,6-9,13-14H2,2H3;1H/q+1;. The van der Waals surface area contributed by atoms with Crippen LogP contribution in [0, 0.1) is 0 Å². The molecular weight excluding hydrogens is 503 g/mol. The molecule has 0 N–H and O–H groups in total. The Morgan fingerprint density at radius 1 is 1.31 bits per heavy atom. The monoisotopic (exact) mass is 527 g/mol. The molecule has 3 rings (SSSR count). The van der Waals surface area contributed by atoms with E-state index in [0.717, 1.165) is 37.0 Å². The van der Waals surface area contributed by atoms with Gasteiger partial charge in [0.1, 0.15) is 32.1 Å². The first-order chi connectivity index (χ1) is 13.5. The summed E-state index contributed by atoms with van der Waals surface area (Å²) in [6.07, 6.45) is 6.92. The highest BCUT2D eigenvalue weighted by molar-refractivity contribution is 9.08. The molecule has 1 aromatic heterocycles. The Morgan fingerprint density at radius 2 is 2.03 bits per heavy atom. The van der Waals surface area contributed by atoms with Crippen LogP contribution in [0.15, 0.2) is 49.1 Å². The summed E-state index contributed by atoms with van der Waals surface area (Å²) in [5.74, 6) is -0.355. The van der Waals surface area contributed by atoms with Gasteiger partial charge in [-0.15, -0.1) is 17.0 Å². The number of hydrogen-bond donors (Lipinski definition) is 0. The summed E-state index contributed by atoms with van der Waals surface area (Å²) in [6.45, 7) is 8.33. The SMILES string of the molecule is Br.C=C(C)C(=O)OCCn1cc[n+](Cc2cc(CBr)cc(B3OCCCO3)c2)c1. The van der Waals surface area contributed by atoms with Gasteiger partial charge in [0.2, 0.25) is 6.33 Å². The predicted octanol–water partition coefficient (Wildman–Crippen LogP) is 2.55. The van der Waals surface area contributed by atoms with Gasteiger partial charge in [-0.3, -0.25) is 0 Å². The summed E-state index contributed by atoms with van der Waals surface area (Å²) in [4.78, 5) is 11.4. The van der Waals surface area contributed by atoms with Crippen LogP contribution in [0.1, 0.15) is 24.5 Å². The van der Waals surface area contributed by atoms with Crippen molar-refractivity contribution in [3.63, 3.8) is 0 Å². The van der Waals surface area contributed by atoms with E-state index in [4.69, 9.17) is 14.0 Å². The first-order valence-corrected chi connectivity index (χ1v) is 10.5. The number of esters is 1. The third-order valence-corrected chi connectivity index (χ3v) is 5.02. The molecule has 0 amide bonds. The number of aromatic nitrogens is 2. The lowest BCUT2D eigenvalue weighted by Crippen LogP contribution is -2.41. The zero-order chi connectivity index (χ0) is 19.9. The van der Waals surface area contributed by atoms with Crippen LogP contribution in [0.4, 0.5) is 0 Å². The molecule has 156 valence electrons. The Morgan fingerprint density at radius 3 is 2.72 bits per heavy atom. The topological polar surface area (TPSA) is 53.6 Å². The maximum atomic E-state index is 11.4. The molecule has 2 heterocycles. The highest BCUT2D eigenvalue weighted by Crippen LogP contribution is 2.11. The number of hydrogen-bond acceptors (Lipinski definition) is 4. The lowest BCUT2D eigenvalue weighted by molar-refractivity contribution is -0.687. The quantitative estimate of drug-likeness (QED) is 0.174. The zero-order valence-electron chi connectivity index (χ0n) is 16.5. The average Bonchev–Trinajstić information content (AvgIpc) is 3.15. The molecular formula is C20H26BBr2N2O4+. The first kappa shape index (κ1) is 23.9. The molecule has 0 atom stereocenters. The summed E-state index contributed by atoms with van der Waals surface area (Å²) in [5, 5.41) is 0.778. The van der Waals surface area contributed by atoms with Crippen LogP contribution < -0.4 is 10.0 Å². The molecule has 0 aliphatic carbocycles. The fourth-order valence-corrected chi connectivity index (χ4v) is 3.34. The summed E-state index contributed by atoms with van der Waals surface area (Å²) in [5.41, 5.74) is 3.84. The van der Waals surface area contributed by atoms with Crippen LogP contribution in [0.5, 0.6) is 0 Å². The summed E-state index contributed by atoms with van der Waals surface area (Å²) < 4.78 is 20.8. The van der Waals surface area contributed by atoms with Gasteiger partial charge in [0.15, 0.2) is 0 Å². The third-order valence-electron chi connectivity index (χ3n) is 4.37. The third kappa shape index (κ3) is 7.10. The van der Waals surface area contributed by atoms with E-state index in [1.54, 1.807) is 6.92 Å². The van der Waals surface area contributed by atoms with E-state index in [9.17, 15) is 4.79 Å². The number of halogens is 2. The van der Waals surface area contributed by atoms with Crippen molar-refractivity contribution in [1.29, 1.82) is 0 Å². The van der Waals surface area contributed by atoms with Crippen LogP contribution in [0.2, 0.25) is 0 Å². The van der Waals surface area contributed by atoms with Gasteiger partial charge in [-0.2, -0.15) is 0 Å². The molecule has 6 nitrogen and oxygen atoms in total.